The van der Waals surface area contributed by atoms with Crippen LogP contribution < -0.4 is 0 Å². The Morgan fingerprint density at radius 3 is 2.25 bits per heavy atom. The van der Waals surface area contributed by atoms with Gasteiger partial charge in [0.15, 0.2) is 0 Å². The summed E-state index contributed by atoms with van der Waals surface area (Å²) in [6, 6.07) is 3.38. The van der Waals surface area contributed by atoms with Gasteiger partial charge in [0.2, 0.25) is 5.91 Å². The molecule has 0 spiro atoms. The first kappa shape index (κ1) is 16.6. The zero-order chi connectivity index (χ0) is 17.1. The first-order chi connectivity index (χ1) is 11.6. The van der Waals surface area contributed by atoms with E-state index in [9.17, 15) is 18.4 Å². The summed E-state index contributed by atoms with van der Waals surface area (Å²) in [5.41, 5.74) is -0.520. The van der Waals surface area contributed by atoms with Crippen LogP contribution in [-0.4, -0.2) is 47.8 Å². The van der Waals surface area contributed by atoms with Crippen LogP contribution in [0.1, 0.15) is 29.6 Å². The van der Waals surface area contributed by atoms with Gasteiger partial charge >= 0.3 is 0 Å². The van der Waals surface area contributed by atoms with Crippen molar-refractivity contribution in [3.05, 3.63) is 47.5 Å². The van der Waals surface area contributed by atoms with Gasteiger partial charge in [-0.05, 0) is 30.9 Å². The lowest BCUT2D eigenvalue weighted by molar-refractivity contribution is -0.133. The number of amides is 2. The summed E-state index contributed by atoms with van der Waals surface area (Å²) in [6.45, 7) is 1.38. The number of rotatable bonds is 3. The number of hydrogen-bond donors (Lipinski definition) is 0. The molecular weight excluding hydrogens is 314 g/mol. The molecular formula is C18H20F2N2O2. The molecule has 1 aromatic carbocycles. The van der Waals surface area contributed by atoms with Gasteiger partial charge in [0.1, 0.15) is 17.2 Å². The molecule has 1 aliphatic carbocycles. The van der Waals surface area contributed by atoms with Gasteiger partial charge in [0, 0.05) is 32.6 Å². The minimum absolute atomic E-state index is 0.0794. The van der Waals surface area contributed by atoms with E-state index >= 15 is 0 Å². The Bertz CT molecular complexity index is 647. The summed E-state index contributed by atoms with van der Waals surface area (Å²) in [5, 5.41) is 0. The molecule has 24 heavy (non-hydrogen) atoms. The monoisotopic (exact) mass is 334 g/mol. The van der Waals surface area contributed by atoms with Crippen LogP contribution in [-0.2, 0) is 4.79 Å². The van der Waals surface area contributed by atoms with Crippen molar-refractivity contribution in [2.45, 2.75) is 19.3 Å². The SMILES string of the molecule is O=C(C[C@@H]1C=CCC1)N1CCN(C(=O)c2c(F)cccc2F)CC1. The van der Waals surface area contributed by atoms with Crippen LogP contribution in [0.25, 0.3) is 0 Å². The van der Waals surface area contributed by atoms with Gasteiger partial charge in [-0.25, -0.2) is 8.78 Å². The average Bonchev–Trinajstić information content (AvgIpc) is 3.07. The Labute approximate surface area is 139 Å². The maximum Gasteiger partial charge on any atom is 0.259 e. The van der Waals surface area contributed by atoms with Gasteiger partial charge in [-0.2, -0.15) is 0 Å². The maximum absolute atomic E-state index is 13.7. The quantitative estimate of drug-likeness (QED) is 0.797. The highest BCUT2D eigenvalue weighted by atomic mass is 19.1. The number of carbonyl (C=O) groups is 2. The zero-order valence-electron chi connectivity index (χ0n) is 13.4. The molecule has 4 nitrogen and oxygen atoms in total. The van der Waals surface area contributed by atoms with Crippen molar-refractivity contribution in [2.75, 3.05) is 26.2 Å². The van der Waals surface area contributed by atoms with Crippen molar-refractivity contribution in [3.8, 4) is 0 Å². The van der Waals surface area contributed by atoms with E-state index in [1.165, 1.54) is 11.0 Å². The number of allylic oxidation sites excluding steroid dienone is 2. The van der Waals surface area contributed by atoms with Crippen LogP contribution in [0.3, 0.4) is 0 Å². The molecule has 1 aromatic rings. The molecule has 0 aromatic heterocycles. The normalized spacial score (nSPS) is 20.5. The van der Waals surface area contributed by atoms with Gasteiger partial charge in [-0.1, -0.05) is 18.2 Å². The van der Waals surface area contributed by atoms with Crippen LogP contribution in [0.15, 0.2) is 30.4 Å². The second kappa shape index (κ2) is 7.11. The fourth-order valence-corrected chi connectivity index (χ4v) is 3.24. The highest BCUT2D eigenvalue weighted by Gasteiger charge is 2.28. The Morgan fingerprint density at radius 1 is 1.04 bits per heavy atom. The molecule has 0 N–H and O–H groups in total. The molecule has 6 heteroatoms. The molecule has 1 fully saturated rings. The lowest BCUT2D eigenvalue weighted by Gasteiger charge is -2.35. The fraction of sp³-hybridized carbons (Fsp3) is 0.444. The second-order valence-electron chi connectivity index (χ2n) is 6.24. The van der Waals surface area contributed by atoms with E-state index in [4.69, 9.17) is 0 Å². The van der Waals surface area contributed by atoms with E-state index in [-0.39, 0.29) is 5.91 Å². The van der Waals surface area contributed by atoms with Crippen LogP contribution in [0.2, 0.25) is 0 Å². The van der Waals surface area contributed by atoms with Crippen molar-refractivity contribution in [1.29, 1.82) is 0 Å². The first-order valence-corrected chi connectivity index (χ1v) is 8.24. The van der Waals surface area contributed by atoms with E-state index in [0.717, 1.165) is 25.0 Å². The fourth-order valence-electron chi connectivity index (χ4n) is 3.24. The zero-order valence-corrected chi connectivity index (χ0v) is 13.4. The third kappa shape index (κ3) is 3.47. The molecule has 0 saturated carbocycles. The largest absolute Gasteiger partial charge is 0.339 e. The summed E-state index contributed by atoms with van der Waals surface area (Å²) in [6.07, 6.45) is 6.70. The molecule has 1 heterocycles. The van der Waals surface area contributed by atoms with Crippen molar-refractivity contribution in [2.24, 2.45) is 5.92 Å². The number of carbonyl (C=O) groups excluding carboxylic acids is 2. The molecule has 0 unspecified atom stereocenters. The molecule has 2 aliphatic rings. The van der Waals surface area contributed by atoms with Crippen LogP contribution in [0, 0.1) is 17.6 Å². The summed E-state index contributed by atoms with van der Waals surface area (Å²) < 4.78 is 27.5. The number of piperazine rings is 1. The molecule has 128 valence electrons. The van der Waals surface area contributed by atoms with Gasteiger partial charge in [0.25, 0.3) is 5.91 Å². The highest BCUT2D eigenvalue weighted by molar-refractivity contribution is 5.95. The summed E-state index contributed by atoms with van der Waals surface area (Å²) in [5.74, 6) is -1.98. The third-order valence-corrected chi connectivity index (χ3v) is 4.65. The molecule has 2 amide bonds. The van der Waals surface area contributed by atoms with Gasteiger partial charge < -0.3 is 9.80 Å². The van der Waals surface area contributed by atoms with Gasteiger partial charge in [-0.3, -0.25) is 9.59 Å². The van der Waals surface area contributed by atoms with Crippen molar-refractivity contribution < 1.29 is 18.4 Å². The predicted octanol–water partition coefficient (Wildman–Crippen LogP) is 2.61. The smallest absolute Gasteiger partial charge is 0.259 e. The molecule has 0 bridgehead atoms. The summed E-state index contributed by atoms with van der Waals surface area (Å²) in [7, 11) is 0. The molecule has 0 radical (unpaired) electrons. The number of benzene rings is 1. The average molecular weight is 334 g/mol. The molecule has 1 saturated heterocycles. The van der Waals surface area contributed by atoms with E-state index < -0.39 is 23.1 Å². The van der Waals surface area contributed by atoms with E-state index in [2.05, 4.69) is 12.2 Å². The van der Waals surface area contributed by atoms with E-state index in [1.807, 2.05) is 0 Å². The van der Waals surface area contributed by atoms with Crippen molar-refractivity contribution >= 4 is 11.8 Å². The van der Waals surface area contributed by atoms with Crippen LogP contribution in [0.4, 0.5) is 8.78 Å². The molecule has 1 aliphatic heterocycles. The lowest BCUT2D eigenvalue weighted by Crippen LogP contribution is -2.51. The standard InChI is InChI=1S/C18H20F2N2O2/c19-14-6-3-7-15(20)17(14)18(24)22-10-8-21(9-11-22)16(23)12-13-4-1-2-5-13/h1,3-4,6-7,13H,2,5,8-12H2/t13-/m1/s1. The van der Waals surface area contributed by atoms with Gasteiger partial charge in [-0.15, -0.1) is 0 Å². The third-order valence-electron chi connectivity index (χ3n) is 4.65. The Hall–Kier alpha value is -2.24. The van der Waals surface area contributed by atoms with Crippen molar-refractivity contribution in [3.63, 3.8) is 0 Å². The number of halogens is 2. The first-order valence-electron chi connectivity index (χ1n) is 8.24. The van der Waals surface area contributed by atoms with Crippen molar-refractivity contribution in [1.82, 2.24) is 9.80 Å². The Morgan fingerprint density at radius 2 is 1.67 bits per heavy atom. The van der Waals surface area contributed by atoms with Gasteiger partial charge in [0.05, 0.1) is 0 Å². The topological polar surface area (TPSA) is 40.6 Å². The maximum atomic E-state index is 13.7. The van der Waals surface area contributed by atoms with Crippen LogP contribution in [0.5, 0.6) is 0 Å². The Kier molecular flexibility index (Phi) is 4.92. The van der Waals surface area contributed by atoms with E-state index in [1.54, 1.807) is 4.90 Å². The molecule has 1 atom stereocenters. The number of nitrogens with zero attached hydrogens (tertiary/aromatic N) is 2. The Balaban J connectivity index is 1.57. The summed E-state index contributed by atoms with van der Waals surface area (Å²) >= 11 is 0. The highest BCUT2D eigenvalue weighted by Crippen LogP contribution is 2.22. The minimum atomic E-state index is -0.855. The van der Waals surface area contributed by atoms with E-state index in [0.29, 0.717) is 38.5 Å². The van der Waals surface area contributed by atoms with Crippen LogP contribution >= 0.6 is 0 Å². The predicted molar refractivity (Wildman–Crippen MR) is 85.3 cm³/mol. The number of hydrogen-bond acceptors (Lipinski definition) is 2. The molecule has 3 rings (SSSR count). The minimum Gasteiger partial charge on any atom is -0.339 e. The summed E-state index contributed by atoms with van der Waals surface area (Å²) in [4.78, 5) is 27.7. The second-order valence-corrected chi connectivity index (χ2v) is 6.24. The lowest BCUT2D eigenvalue weighted by atomic mass is 10.0.